The van der Waals surface area contributed by atoms with Crippen LogP contribution < -0.4 is 0 Å². The van der Waals surface area contributed by atoms with E-state index in [-0.39, 0.29) is 12.6 Å². The molecule has 3 heteroatoms. The molecule has 3 nitrogen and oxygen atoms in total. The third kappa shape index (κ3) is 11.5. The summed E-state index contributed by atoms with van der Waals surface area (Å²) in [5.41, 5.74) is 0. The van der Waals surface area contributed by atoms with Crippen LogP contribution in [-0.4, -0.2) is 24.3 Å². The van der Waals surface area contributed by atoms with Crippen molar-refractivity contribution in [2.24, 2.45) is 0 Å². The zero-order chi connectivity index (χ0) is 12.1. The summed E-state index contributed by atoms with van der Waals surface area (Å²) < 4.78 is 5.09. The average Bonchev–Trinajstić information content (AvgIpc) is 2.29. The third-order valence-corrected chi connectivity index (χ3v) is 2.55. The van der Waals surface area contributed by atoms with E-state index in [1.807, 2.05) is 0 Å². The summed E-state index contributed by atoms with van der Waals surface area (Å²) in [6.07, 6.45) is 8.83. The number of carbonyl (C=O) groups is 1. The molecular formula is C13H26O3. The van der Waals surface area contributed by atoms with Crippen molar-refractivity contribution in [3.8, 4) is 0 Å². The quantitative estimate of drug-likeness (QED) is 0.438. The van der Waals surface area contributed by atoms with Gasteiger partial charge in [0.25, 0.3) is 0 Å². The van der Waals surface area contributed by atoms with Crippen LogP contribution in [0.1, 0.15) is 64.7 Å². The highest BCUT2D eigenvalue weighted by atomic mass is 16.5. The van der Waals surface area contributed by atoms with E-state index in [0.717, 1.165) is 51.4 Å². The summed E-state index contributed by atoms with van der Waals surface area (Å²) in [4.78, 5) is 11.2. The lowest BCUT2D eigenvalue weighted by molar-refractivity contribution is -0.143. The minimum absolute atomic E-state index is 0.0572. The maximum atomic E-state index is 11.2. The number of carbonyl (C=O) groups excluding carboxylic acids is 1. The predicted octanol–water partition coefficient (Wildman–Crippen LogP) is 3.05. The Labute approximate surface area is 99.2 Å². The van der Waals surface area contributed by atoms with Crippen LogP contribution in [0.2, 0.25) is 0 Å². The molecule has 0 aromatic heterocycles. The number of hydrogen-bond acceptors (Lipinski definition) is 3. The van der Waals surface area contributed by atoms with Crippen molar-refractivity contribution in [1.29, 1.82) is 0 Å². The van der Waals surface area contributed by atoms with E-state index in [0.29, 0.717) is 13.0 Å². The van der Waals surface area contributed by atoms with Gasteiger partial charge in [-0.15, -0.1) is 0 Å². The van der Waals surface area contributed by atoms with E-state index in [4.69, 9.17) is 9.84 Å². The molecule has 0 saturated heterocycles. The molecule has 0 spiro atoms. The monoisotopic (exact) mass is 230 g/mol. The van der Waals surface area contributed by atoms with Gasteiger partial charge in [-0.1, -0.05) is 39.0 Å². The molecule has 0 fully saturated rings. The molecule has 0 saturated carbocycles. The lowest BCUT2D eigenvalue weighted by Crippen LogP contribution is -2.05. The Bertz CT molecular complexity index is 157. The van der Waals surface area contributed by atoms with Crippen LogP contribution in [0.5, 0.6) is 0 Å². The number of rotatable bonds is 11. The number of aliphatic hydroxyl groups excluding tert-OH is 1. The lowest BCUT2D eigenvalue weighted by atomic mass is 10.1. The van der Waals surface area contributed by atoms with Gasteiger partial charge in [0, 0.05) is 13.0 Å². The fraction of sp³-hybridized carbons (Fsp3) is 0.923. The van der Waals surface area contributed by atoms with Gasteiger partial charge >= 0.3 is 5.97 Å². The molecule has 0 radical (unpaired) electrons. The Hall–Kier alpha value is -0.570. The van der Waals surface area contributed by atoms with E-state index >= 15 is 0 Å². The number of unbranched alkanes of at least 4 members (excludes halogenated alkanes) is 6. The average molecular weight is 230 g/mol. The van der Waals surface area contributed by atoms with Crippen molar-refractivity contribution in [2.75, 3.05) is 13.2 Å². The van der Waals surface area contributed by atoms with Crippen molar-refractivity contribution in [3.05, 3.63) is 0 Å². The summed E-state index contributed by atoms with van der Waals surface area (Å²) in [6.45, 7) is 2.99. The zero-order valence-electron chi connectivity index (χ0n) is 10.5. The van der Waals surface area contributed by atoms with Crippen molar-refractivity contribution in [1.82, 2.24) is 0 Å². The van der Waals surface area contributed by atoms with Crippen LogP contribution in [0.4, 0.5) is 0 Å². The first kappa shape index (κ1) is 15.4. The highest BCUT2D eigenvalue weighted by molar-refractivity contribution is 5.69. The molecular weight excluding hydrogens is 204 g/mol. The maximum absolute atomic E-state index is 11.2. The molecule has 0 atom stereocenters. The fourth-order valence-electron chi connectivity index (χ4n) is 1.52. The minimum atomic E-state index is -0.0572. The molecule has 96 valence electrons. The predicted molar refractivity (Wildman–Crippen MR) is 65.3 cm³/mol. The minimum Gasteiger partial charge on any atom is -0.466 e. The summed E-state index contributed by atoms with van der Waals surface area (Å²) in [6, 6.07) is 0. The standard InChI is InChI=1S/C13H26O3/c1-2-3-9-12-16-13(15)10-7-5-4-6-8-11-14/h14H,2-12H2,1H3. The number of aliphatic hydroxyl groups is 1. The van der Waals surface area contributed by atoms with E-state index in [1.54, 1.807) is 0 Å². The van der Waals surface area contributed by atoms with E-state index < -0.39 is 0 Å². The SMILES string of the molecule is CCCCCOC(=O)CCCCCCCO. The Balaban J connectivity index is 3.11. The molecule has 0 aliphatic heterocycles. The number of esters is 1. The number of ether oxygens (including phenoxy) is 1. The molecule has 0 unspecified atom stereocenters. The second-order valence-electron chi connectivity index (χ2n) is 4.17. The molecule has 0 rings (SSSR count). The van der Waals surface area contributed by atoms with E-state index in [2.05, 4.69) is 6.92 Å². The van der Waals surface area contributed by atoms with Gasteiger partial charge in [0.2, 0.25) is 0 Å². The summed E-state index contributed by atoms with van der Waals surface area (Å²) in [5.74, 6) is -0.0572. The van der Waals surface area contributed by atoms with Crippen LogP contribution in [-0.2, 0) is 9.53 Å². The first-order valence-electron chi connectivity index (χ1n) is 6.57. The second kappa shape index (κ2) is 12.5. The lowest BCUT2D eigenvalue weighted by Gasteiger charge is -2.04. The van der Waals surface area contributed by atoms with Gasteiger partial charge in [-0.3, -0.25) is 4.79 Å². The molecule has 16 heavy (non-hydrogen) atoms. The van der Waals surface area contributed by atoms with Gasteiger partial charge in [0.1, 0.15) is 0 Å². The smallest absolute Gasteiger partial charge is 0.305 e. The Morgan fingerprint density at radius 3 is 2.38 bits per heavy atom. The van der Waals surface area contributed by atoms with E-state index in [9.17, 15) is 4.79 Å². The van der Waals surface area contributed by atoms with Gasteiger partial charge in [-0.2, -0.15) is 0 Å². The topological polar surface area (TPSA) is 46.5 Å². The highest BCUT2D eigenvalue weighted by Crippen LogP contribution is 2.06. The second-order valence-corrected chi connectivity index (χ2v) is 4.17. The highest BCUT2D eigenvalue weighted by Gasteiger charge is 2.01. The van der Waals surface area contributed by atoms with Gasteiger partial charge in [0.15, 0.2) is 0 Å². The van der Waals surface area contributed by atoms with Gasteiger partial charge in [-0.25, -0.2) is 0 Å². The molecule has 0 heterocycles. The Morgan fingerprint density at radius 1 is 1.00 bits per heavy atom. The molecule has 0 aromatic rings. The molecule has 0 bridgehead atoms. The van der Waals surface area contributed by atoms with E-state index in [1.165, 1.54) is 0 Å². The summed E-state index contributed by atoms with van der Waals surface area (Å²) in [7, 11) is 0. The first-order valence-corrected chi connectivity index (χ1v) is 6.57. The summed E-state index contributed by atoms with van der Waals surface area (Å²) in [5, 5.41) is 8.58. The van der Waals surface area contributed by atoms with Crippen molar-refractivity contribution < 1.29 is 14.6 Å². The first-order chi connectivity index (χ1) is 7.81. The van der Waals surface area contributed by atoms with Gasteiger partial charge < -0.3 is 9.84 Å². The van der Waals surface area contributed by atoms with Crippen molar-refractivity contribution >= 4 is 5.97 Å². The van der Waals surface area contributed by atoms with Crippen LogP contribution >= 0.6 is 0 Å². The van der Waals surface area contributed by atoms with Gasteiger partial charge in [0.05, 0.1) is 6.61 Å². The van der Waals surface area contributed by atoms with Crippen molar-refractivity contribution in [3.63, 3.8) is 0 Å². The fourth-order valence-corrected chi connectivity index (χ4v) is 1.52. The van der Waals surface area contributed by atoms with Crippen LogP contribution in [0.25, 0.3) is 0 Å². The molecule has 0 aliphatic rings. The molecule has 0 aliphatic carbocycles. The molecule has 1 N–H and O–H groups in total. The van der Waals surface area contributed by atoms with Crippen LogP contribution in [0.3, 0.4) is 0 Å². The Morgan fingerprint density at radius 2 is 1.69 bits per heavy atom. The van der Waals surface area contributed by atoms with Gasteiger partial charge in [-0.05, 0) is 19.3 Å². The normalized spacial score (nSPS) is 10.4. The van der Waals surface area contributed by atoms with Crippen LogP contribution in [0.15, 0.2) is 0 Å². The molecule has 0 amide bonds. The number of hydrogen-bond donors (Lipinski definition) is 1. The Kier molecular flexibility index (Phi) is 12.1. The molecule has 0 aromatic carbocycles. The third-order valence-electron chi connectivity index (χ3n) is 2.55. The zero-order valence-corrected chi connectivity index (χ0v) is 10.5. The van der Waals surface area contributed by atoms with Crippen LogP contribution in [0, 0.1) is 0 Å². The van der Waals surface area contributed by atoms with Crippen molar-refractivity contribution in [2.45, 2.75) is 64.7 Å². The summed E-state index contributed by atoms with van der Waals surface area (Å²) >= 11 is 0. The largest absolute Gasteiger partial charge is 0.466 e. The maximum Gasteiger partial charge on any atom is 0.305 e.